The Morgan fingerprint density at radius 3 is 2.56 bits per heavy atom. The number of carbonyl (C=O) groups is 2. The predicted octanol–water partition coefficient (Wildman–Crippen LogP) is 2.22. The van der Waals surface area contributed by atoms with E-state index in [9.17, 15) is 9.59 Å². The SMILES string of the molecule is C[C@H]1CCN(C(=O)OC(C)(C)C)[C@H](C=O)C1. The van der Waals surface area contributed by atoms with E-state index in [1.807, 2.05) is 20.8 Å². The van der Waals surface area contributed by atoms with Crippen molar-refractivity contribution in [2.45, 2.75) is 52.2 Å². The summed E-state index contributed by atoms with van der Waals surface area (Å²) in [6, 6.07) is -0.321. The Hall–Kier alpha value is -1.06. The van der Waals surface area contributed by atoms with E-state index in [0.717, 1.165) is 19.1 Å². The van der Waals surface area contributed by atoms with Gasteiger partial charge in [0.2, 0.25) is 0 Å². The first-order chi connectivity index (χ1) is 7.33. The lowest BCUT2D eigenvalue weighted by Gasteiger charge is -2.36. The van der Waals surface area contributed by atoms with Gasteiger partial charge in [0.15, 0.2) is 0 Å². The normalized spacial score (nSPS) is 26.4. The van der Waals surface area contributed by atoms with Gasteiger partial charge in [0.1, 0.15) is 11.9 Å². The lowest BCUT2D eigenvalue weighted by molar-refractivity contribution is -0.114. The summed E-state index contributed by atoms with van der Waals surface area (Å²) in [5.41, 5.74) is -0.506. The van der Waals surface area contributed by atoms with Crippen molar-refractivity contribution in [2.24, 2.45) is 5.92 Å². The van der Waals surface area contributed by atoms with E-state index in [0.29, 0.717) is 12.5 Å². The fourth-order valence-electron chi connectivity index (χ4n) is 1.86. The fraction of sp³-hybridized carbons (Fsp3) is 0.833. The second-order valence-corrected chi connectivity index (χ2v) is 5.51. The second-order valence-electron chi connectivity index (χ2n) is 5.51. The van der Waals surface area contributed by atoms with Gasteiger partial charge >= 0.3 is 6.09 Å². The molecule has 1 rings (SSSR count). The van der Waals surface area contributed by atoms with Gasteiger partial charge in [0.05, 0.1) is 6.04 Å². The van der Waals surface area contributed by atoms with Crippen molar-refractivity contribution < 1.29 is 14.3 Å². The summed E-state index contributed by atoms with van der Waals surface area (Å²) in [5.74, 6) is 0.494. The van der Waals surface area contributed by atoms with E-state index in [2.05, 4.69) is 6.92 Å². The highest BCUT2D eigenvalue weighted by Gasteiger charge is 2.32. The number of amides is 1. The molecule has 0 N–H and O–H groups in total. The molecular formula is C12H21NO3. The van der Waals surface area contributed by atoms with Gasteiger partial charge in [0.25, 0.3) is 0 Å². The zero-order valence-electron chi connectivity index (χ0n) is 10.5. The first kappa shape index (κ1) is 13.0. The number of nitrogens with zero attached hydrogens (tertiary/aromatic N) is 1. The summed E-state index contributed by atoms with van der Waals surface area (Å²) < 4.78 is 5.27. The minimum Gasteiger partial charge on any atom is -0.444 e. The lowest BCUT2D eigenvalue weighted by atomic mass is 9.93. The van der Waals surface area contributed by atoms with Crippen LogP contribution in [-0.2, 0) is 9.53 Å². The Balaban J connectivity index is 2.64. The number of ether oxygens (including phenoxy) is 1. The topological polar surface area (TPSA) is 46.6 Å². The molecule has 16 heavy (non-hydrogen) atoms. The molecule has 4 nitrogen and oxygen atoms in total. The molecule has 0 aromatic rings. The summed E-state index contributed by atoms with van der Waals surface area (Å²) in [6.07, 6.45) is 2.14. The van der Waals surface area contributed by atoms with Crippen LogP contribution in [0, 0.1) is 5.92 Å². The molecule has 0 aliphatic carbocycles. The zero-order valence-corrected chi connectivity index (χ0v) is 10.5. The van der Waals surface area contributed by atoms with E-state index in [1.165, 1.54) is 4.90 Å². The van der Waals surface area contributed by atoms with Gasteiger partial charge in [-0.15, -0.1) is 0 Å². The van der Waals surface area contributed by atoms with E-state index in [-0.39, 0.29) is 12.1 Å². The van der Waals surface area contributed by atoms with Gasteiger partial charge in [-0.2, -0.15) is 0 Å². The lowest BCUT2D eigenvalue weighted by Crippen LogP contribution is -2.48. The van der Waals surface area contributed by atoms with Crippen LogP contribution in [0.4, 0.5) is 4.79 Å². The zero-order chi connectivity index (χ0) is 12.3. The molecule has 2 atom stereocenters. The number of hydrogen-bond acceptors (Lipinski definition) is 3. The average molecular weight is 227 g/mol. The minimum atomic E-state index is -0.506. The Morgan fingerprint density at radius 1 is 1.44 bits per heavy atom. The van der Waals surface area contributed by atoms with E-state index >= 15 is 0 Å². The van der Waals surface area contributed by atoms with Gasteiger partial charge in [-0.25, -0.2) is 4.79 Å². The summed E-state index contributed by atoms with van der Waals surface area (Å²) in [7, 11) is 0. The van der Waals surface area contributed by atoms with Crippen LogP contribution in [0.1, 0.15) is 40.5 Å². The molecule has 1 aliphatic rings. The van der Waals surface area contributed by atoms with Gasteiger partial charge in [-0.05, 0) is 39.5 Å². The highest BCUT2D eigenvalue weighted by molar-refractivity contribution is 5.74. The summed E-state index contributed by atoms with van der Waals surface area (Å²) in [4.78, 5) is 24.3. The first-order valence-corrected chi connectivity index (χ1v) is 5.78. The Morgan fingerprint density at radius 2 is 2.06 bits per heavy atom. The van der Waals surface area contributed by atoms with Crippen LogP contribution in [-0.4, -0.2) is 35.5 Å². The average Bonchev–Trinajstić information content (AvgIpc) is 2.14. The van der Waals surface area contributed by atoms with Gasteiger partial charge in [0, 0.05) is 6.54 Å². The molecule has 0 spiro atoms. The molecule has 0 bridgehead atoms. The maximum atomic E-state index is 11.8. The van der Waals surface area contributed by atoms with Crippen LogP contribution in [0.25, 0.3) is 0 Å². The van der Waals surface area contributed by atoms with Crippen molar-refractivity contribution in [3.8, 4) is 0 Å². The molecule has 1 amide bonds. The van der Waals surface area contributed by atoms with Crippen LogP contribution in [0.15, 0.2) is 0 Å². The first-order valence-electron chi connectivity index (χ1n) is 5.78. The quantitative estimate of drug-likeness (QED) is 0.645. The van der Waals surface area contributed by atoms with Crippen molar-refractivity contribution in [2.75, 3.05) is 6.54 Å². The highest BCUT2D eigenvalue weighted by atomic mass is 16.6. The Labute approximate surface area is 96.9 Å². The largest absolute Gasteiger partial charge is 0.444 e. The molecule has 1 saturated heterocycles. The van der Waals surface area contributed by atoms with E-state index in [4.69, 9.17) is 4.74 Å². The van der Waals surface area contributed by atoms with Crippen molar-refractivity contribution in [1.82, 2.24) is 4.90 Å². The van der Waals surface area contributed by atoms with E-state index in [1.54, 1.807) is 0 Å². The number of piperidine rings is 1. The third kappa shape index (κ3) is 3.51. The maximum absolute atomic E-state index is 11.8. The second kappa shape index (κ2) is 4.85. The molecule has 1 aliphatic heterocycles. The van der Waals surface area contributed by atoms with Crippen LogP contribution >= 0.6 is 0 Å². The fourth-order valence-corrected chi connectivity index (χ4v) is 1.86. The monoisotopic (exact) mass is 227 g/mol. The standard InChI is InChI=1S/C12H21NO3/c1-9-5-6-13(10(7-9)8-14)11(15)16-12(2,3)4/h8-10H,5-7H2,1-4H3/t9-,10-/m0/s1. The number of rotatable bonds is 1. The molecule has 1 fully saturated rings. The van der Waals surface area contributed by atoms with Crippen molar-refractivity contribution in [3.63, 3.8) is 0 Å². The van der Waals surface area contributed by atoms with Gasteiger partial charge < -0.3 is 9.53 Å². The third-order valence-corrected chi connectivity index (χ3v) is 2.69. The predicted molar refractivity (Wildman–Crippen MR) is 61.2 cm³/mol. The maximum Gasteiger partial charge on any atom is 0.410 e. The van der Waals surface area contributed by atoms with E-state index < -0.39 is 5.60 Å². The van der Waals surface area contributed by atoms with Gasteiger partial charge in [-0.1, -0.05) is 6.92 Å². The molecule has 0 radical (unpaired) electrons. The molecule has 1 heterocycles. The number of aldehydes is 1. The molecule has 0 saturated carbocycles. The summed E-state index contributed by atoms with van der Waals surface area (Å²) in [6.45, 7) is 8.19. The number of carbonyl (C=O) groups excluding carboxylic acids is 2. The molecule has 0 aromatic carbocycles. The Bertz CT molecular complexity index is 270. The molecule has 4 heteroatoms. The summed E-state index contributed by atoms with van der Waals surface area (Å²) in [5, 5.41) is 0. The van der Waals surface area contributed by atoms with Crippen LogP contribution < -0.4 is 0 Å². The molecule has 92 valence electrons. The molecule has 0 aromatic heterocycles. The van der Waals surface area contributed by atoms with Crippen molar-refractivity contribution in [1.29, 1.82) is 0 Å². The van der Waals surface area contributed by atoms with Gasteiger partial charge in [-0.3, -0.25) is 4.90 Å². The smallest absolute Gasteiger partial charge is 0.410 e. The highest BCUT2D eigenvalue weighted by Crippen LogP contribution is 2.23. The van der Waals surface area contributed by atoms with Crippen LogP contribution in [0.3, 0.4) is 0 Å². The molecule has 0 unspecified atom stereocenters. The van der Waals surface area contributed by atoms with Crippen molar-refractivity contribution in [3.05, 3.63) is 0 Å². The Kier molecular flexibility index (Phi) is 3.94. The summed E-state index contributed by atoms with van der Waals surface area (Å²) >= 11 is 0. The van der Waals surface area contributed by atoms with Crippen LogP contribution in [0.2, 0.25) is 0 Å². The number of hydrogen-bond donors (Lipinski definition) is 0. The third-order valence-electron chi connectivity index (χ3n) is 2.69. The van der Waals surface area contributed by atoms with Crippen LogP contribution in [0.5, 0.6) is 0 Å². The number of likely N-dealkylation sites (tertiary alicyclic amines) is 1. The van der Waals surface area contributed by atoms with Crippen molar-refractivity contribution >= 4 is 12.4 Å². The molecular weight excluding hydrogens is 206 g/mol. The minimum absolute atomic E-state index is 0.321.